The number of aliphatic hydroxyl groups excluding tert-OH is 1. The Balaban J connectivity index is 2.34. The van der Waals surface area contributed by atoms with Gasteiger partial charge in [-0.15, -0.1) is 0 Å². The second-order valence-electron chi connectivity index (χ2n) is 4.88. The van der Waals surface area contributed by atoms with Crippen molar-refractivity contribution >= 4 is 5.69 Å². The molecule has 1 aromatic carbocycles. The zero-order chi connectivity index (χ0) is 14.7. The normalized spacial score (nSPS) is 12.2. The predicted octanol–water partition coefficient (Wildman–Crippen LogP) is 2.12. The summed E-state index contributed by atoms with van der Waals surface area (Å²) in [6.07, 6.45) is 3.11. The predicted molar refractivity (Wildman–Crippen MR) is 78.9 cm³/mol. The highest BCUT2D eigenvalue weighted by molar-refractivity contribution is 5.60. The molecule has 0 aliphatic heterocycles. The number of benzene rings is 1. The number of anilines is 1. The van der Waals surface area contributed by atoms with Gasteiger partial charge in [0.2, 0.25) is 0 Å². The van der Waals surface area contributed by atoms with Gasteiger partial charge in [-0.25, -0.2) is 4.98 Å². The highest BCUT2D eigenvalue weighted by atomic mass is 16.5. The Morgan fingerprint density at radius 1 is 1.45 bits per heavy atom. The number of aryl methyl sites for hydroxylation is 1. The summed E-state index contributed by atoms with van der Waals surface area (Å²) < 4.78 is 7.33. The maximum absolute atomic E-state index is 10.0. The Morgan fingerprint density at radius 2 is 2.20 bits per heavy atom. The van der Waals surface area contributed by atoms with Crippen molar-refractivity contribution in [1.82, 2.24) is 9.55 Å². The Labute approximate surface area is 119 Å². The van der Waals surface area contributed by atoms with Gasteiger partial charge in [0, 0.05) is 37.7 Å². The van der Waals surface area contributed by atoms with Crippen LogP contribution >= 0.6 is 0 Å². The summed E-state index contributed by atoms with van der Waals surface area (Å²) >= 11 is 0. The van der Waals surface area contributed by atoms with E-state index >= 15 is 0 Å². The molecule has 1 atom stereocenters. The van der Waals surface area contributed by atoms with Crippen LogP contribution in [0.2, 0.25) is 0 Å². The van der Waals surface area contributed by atoms with E-state index in [1.54, 1.807) is 20.2 Å². The summed E-state index contributed by atoms with van der Waals surface area (Å²) in [7, 11) is 5.57. The van der Waals surface area contributed by atoms with Gasteiger partial charge in [0.15, 0.2) is 0 Å². The first kappa shape index (κ1) is 14.4. The summed E-state index contributed by atoms with van der Waals surface area (Å²) in [5.41, 5.74) is 1.74. The Hall–Kier alpha value is -2.01. The van der Waals surface area contributed by atoms with E-state index < -0.39 is 6.10 Å². The van der Waals surface area contributed by atoms with Crippen molar-refractivity contribution in [2.75, 3.05) is 19.1 Å². The minimum Gasteiger partial charge on any atom is -0.496 e. The molecule has 0 amide bonds. The van der Waals surface area contributed by atoms with Gasteiger partial charge in [0.1, 0.15) is 11.6 Å². The number of aromatic nitrogens is 2. The Morgan fingerprint density at radius 3 is 2.75 bits per heavy atom. The van der Waals surface area contributed by atoms with E-state index in [4.69, 9.17) is 4.74 Å². The van der Waals surface area contributed by atoms with E-state index in [2.05, 4.69) is 9.88 Å². The standard InChI is InChI=1S/C15H21N3O2/c1-11(19)15-12(6-5-7-13(15)20-4)18(3)10-14-16-8-9-17(14)2/h5-9,11,19H,10H2,1-4H3/t11-/m1/s1. The Bertz CT molecular complexity index is 578. The fourth-order valence-electron chi connectivity index (χ4n) is 2.31. The molecule has 0 aliphatic rings. The van der Waals surface area contributed by atoms with Crippen LogP contribution in [-0.2, 0) is 13.6 Å². The van der Waals surface area contributed by atoms with Crippen LogP contribution in [0.5, 0.6) is 5.75 Å². The molecule has 0 saturated heterocycles. The molecule has 5 heteroatoms. The van der Waals surface area contributed by atoms with Gasteiger partial charge in [0.25, 0.3) is 0 Å². The number of ether oxygens (including phenoxy) is 1. The minimum atomic E-state index is -0.593. The van der Waals surface area contributed by atoms with E-state index in [-0.39, 0.29) is 0 Å². The molecule has 0 bridgehead atoms. The van der Waals surface area contributed by atoms with E-state index in [9.17, 15) is 5.11 Å². The van der Waals surface area contributed by atoms with Crippen LogP contribution in [0.3, 0.4) is 0 Å². The molecular weight excluding hydrogens is 254 g/mol. The highest BCUT2D eigenvalue weighted by Gasteiger charge is 2.17. The molecule has 108 valence electrons. The van der Waals surface area contributed by atoms with E-state index in [1.807, 2.05) is 43.1 Å². The van der Waals surface area contributed by atoms with Gasteiger partial charge in [-0.05, 0) is 19.1 Å². The molecule has 0 unspecified atom stereocenters. The van der Waals surface area contributed by atoms with Crippen LogP contribution in [0.25, 0.3) is 0 Å². The molecule has 0 saturated carbocycles. The largest absolute Gasteiger partial charge is 0.496 e. The first-order valence-electron chi connectivity index (χ1n) is 6.57. The van der Waals surface area contributed by atoms with E-state index in [0.29, 0.717) is 12.3 Å². The van der Waals surface area contributed by atoms with Crippen LogP contribution in [0.4, 0.5) is 5.69 Å². The van der Waals surface area contributed by atoms with E-state index in [1.165, 1.54) is 0 Å². The topological polar surface area (TPSA) is 50.5 Å². The lowest BCUT2D eigenvalue weighted by atomic mass is 10.1. The number of aliphatic hydroxyl groups is 1. The van der Waals surface area contributed by atoms with Gasteiger partial charge < -0.3 is 19.3 Å². The minimum absolute atomic E-state index is 0.593. The lowest BCUT2D eigenvalue weighted by molar-refractivity contribution is 0.194. The molecular formula is C15H21N3O2. The molecule has 1 heterocycles. The number of imidazole rings is 1. The second kappa shape index (κ2) is 5.96. The third-order valence-corrected chi connectivity index (χ3v) is 3.39. The molecule has 2 rings (SSSR count). The fourth-order valence-corrected chi connectivity index (χ4v) is 2.31. The van der Waals surface area contributed by atoms with Crippen molar-refractivity contribution in [2.45, 2.75) is 19.6 Å². The van der Waals surface area contributed by atoms with Crippen LogP contribution < -0.4 is 9.64 Å². The Kier molecular flexibility index (Phi) is 4.29. The van der Waals surface area contributed by atoms with Gasteiger partial charge in [-0.3, -0.25) is 0 Å². The average Bonchev–Trinajstić information content (AvgIpc) is 2.83. The monoisotopic (exact) mass is 275 g/mol. The van der Waals surface area contributed by atoms with Crippen molar-refractivity contribution in [1.29, 1.82) is 0 Å². The van der Waals surface area contributed by atoms with Crippen molar-refractivity contribution in [3.63, 3.8) is 0 Å². The van der Waals surface area contributed by atoms with Gasteiger partial charge >= 0.3 is 0 Å². The molecule has 2 aromatic rings. The molecule has 0 fully saturated rings. The molecule has 20 heavy (non-hydrogen) atoms. The third kappa shape index (κ3) is 2.77. The van der Waals surface area contributed by atoms with Crippen molar-refractivity contribution < 1.29 is 9.84 Å². The molecule has 5 nitrogen and oxygen atoms in total. The summed E-state index contributed by atoms with van der Waals surface area (Å²) in [6.45, 7) is 2.41. The highest BCUT2D eigenvalue weighted by Crippen LogP contribution is 2.34. The maximum Gasteiger partial charge on any atom is 0.127 e. The third-order valence-electron chi connectivity index (χ3n) is 3.39. The van der Waals surface area contributed by atoms with Crippen LogP contribution in [0.15, 0.2) is 30.6 Å². The number of rotatable bonds is 5. The zero-order valence-electron chi connectivity index (χ0n) is 12.4. The van der Waals surface area contributed by atoms with Crippen molar-refractivity contribution in [2.24, 2.45) is 7.05 Å². The molecule has 0 spiro atoms. The van der Waals surface area contributed by atoms with Crippen LogP contribution in [0, 0.1) is 0 Å². The lowest BCUT2D eigenvalue weighted by Gasteiger charge is -2.24. The van der Waals surface area contributed by atoms with Crippen LogP contribution in [-0.4, -0.2) is 28.8 Å². The number of hydrogen-bond donors (Lipinski definition) is 1. The van der Waals surface area contributed by atoms with E-state index in [0.717, 1.165) is 17.1 Å². The summed E-state index contributed by atoms with van der Waals surface area (Å²) in [6, 6.07) is 5.77. The number of methoxy groups -OCH3 is 1. The van der Waals surface area contributed by atoms with Gasteiger partial charge in [-0.2, -0.15) is 0 Å². The summed E-state index contributed by atoms with van der Waals surface area (Å²) in [4.78, 5) is 6.39. The summed E-state index contributed by atoms with van der Waals surface area (Å²) in [5, 5.41) is 10.0. The number of hydrogen-bond acceptors (Lipinski definition) is 4. The van der Waals surface area contributed by atoms with Crippen molar-refractivity contribution in [3.8, 4) is 5.75 Å². The van der Waals surface area contributed by atoms with Crippen molar-refractivity contribution in [3.05, 3.63) is 42.0 Å². The second-order valence-corrected chi connectivity index (χ2v) is 4.88. The first-order chi connectivity index (χ1) is 9.54. The SMILES string of the molecule is COc1cccc(N(C)Cc2nccn2C)c1[C@@H](C)O. The zero-order valence-corrected chi connectivity index (χ0v) is 12.4. The average molecular weight is 275 g/mol. The fraction of sp³-hybridized carbons (Fsp3) is 0.400. The number of nitrogens with zero attached hydrogens (tertiary/aromatic N) is 3. The van der Waals surface area contributed by atoms with Crippen LogP contribution in [0.1, 0.15) is 24.4 Å². The lowest BCUT2D eigenvalue weighted by Crippen LogP contribution is -2.21. The summed E-state index contributed by atoms with van der Waals surface area (Å²) in [5.74, 6) is 1.66. The molecule has 0 aliphatic carbocycles. The maximum atomic E-state index is 10.0. The first-order valence-corrected chi connectivity index (χ1v) is 6.57. The smallest absolute Gasteiger partial charge is 0.127 e. The quantitative estimate of drug-likeness (QED) is 0.908. The van der Waals surface area contributed by atoms with Gasteiger partial charge in [-0.1, -0.05) is 6.07 Å². The molecule has 0 radical (unpaired) electrons. The molecule has 1 aromatic heterocycles. The molecule has 1 N–H and O–H groups in total. The van der Waals surface area contributed by atoms with Gasteiger partial charge in [0.05, 0.1) is 19.8 Å².